The van der Waals surface area contributed by atoms with Crippen LogP contribution in [0, 0.1) is 12.3 Å². The molecule has 1 saturated heterocycles. The summed E-state index contributed by atoms with van der Waals surface area (Å²) in [6.07, 6.45) is 13.5. The highest BCUT2D eigenvalue weighted by Crippen LogP contribution is 2.31. The average Bonchev–Trinajstić information content (AvgIpc) is 2.68. The average molecular weight is 294 g/mol. The van der Waals surface area contributed by atoms with Gasteiger partial charge in [-0.25, -0.2) is 4.79 Å². The maximum absolute atomic E-state index is 10.3. The Morgan fingerprint density at radius 2 is 2.19 bits per heavy atom. The first-order valence-electron chi connectivity index (χ1n) is 6.89. The molecule has 1 aliphatic heterocycles. The first kappa shape index (κ1) is 17.4. The summed E-state index contributed by atoms with van der Waals surface area (Å²) >= 11 is 0. The van der Waals surface area contributed by atoms with Crippen molar-refractivity contribution in [3.05, 3.63) is 24.3 Å². The molecule has 5 heteroatoms. The van der Waals surface area contributed by atoms with Crippen LogP contribution in [0.25, 0.3) is 0 Å². The zero-order valence-electron chi connectivity index (χ0n) is 12.5. The predicted molar refractivity (Wildman–Crippen MR) is 78.6 cm³/mol. The van der Waals surface area contributed by atoms with Gasteiger partial charge in [-0.3, -0.25) is 0 Å². The molecule has 0 aromatic heterocycles. The van der Waals surface area contributed by atoms with Gasteiger partial charge in [-0.05, 0) is 32.8 Å². The van der Waals surface area contributed by atoms with Gasteiger partial charge in [-0.1, -0.05) is 24.1 Å². The maximum atomic E-state index is 10.3. The molecule has 1 N–H and O–H groups in total. The monoisotopic (exact) mass is 294 g/mol. The molecule has 0 saturated carbocycles. The van der Waals surface area contributed by atoms with Crippen LogP contribution in [0.2, 0.25) is 0 Å². The zero-order valence-corrected chi connectivity index (χ0v) is 12.5. The summed E-state index contributed by atoms with van der Waals surface area (Å²) in [4.78, 5) is 10.3. The number of carbonyl (C=O) groups is 1. The molecule has 0 spiro atoms. The molecule has 21 heavy (non-hydrogen) atoms. The summed E-state index contributed by atoms with van der Waals surface area (Å²) in [5.74, 6) is 0.822. The van der Waals surface area contributed by atoms with E-state index < -0.39 is 11.8 Å². The Hall–Kier alpha value is -1.61. The van der Waals surface area contributed by atoms with E-state index in [1.165, 1.54) is 0 Å². The van der Waals surface area contributed by atoms with Crippen molar-refractivity contribution in [2.75, 3.05) is 13.2 Å². The lowest BCUT2D eigenvalue weighted by Crippen LogP contribution is -2.22. The van der Waals surface area contributed by atoms with Gasteiger partial charge in [-0.2, -0.15) is 0 Å². The van der Waals surface area contributed by atoms with E-state index in [-0.39, 0.29) is 18.8 Å². The highest BCUT2D eigenvalue weighted by molar-refractivity contribution is 5.67. The van der Waals surface area contributed by atoms with Gasteiger partial charge in [0.05, 0.1) is 6.10 Å². The molecule has 0 bridgehead atoms. The topological polar surface area (TPSA) is 65.0 Å². The zero-order chi connectivity index (χ0) is 15.7. The molecule has 2 atom stereocenters. The molecule has 0 amide bonds. The molecular weight excluding hydrogens is 272 g/mol. The third-order valence-electron chi connectivity index (χ3n) is 2.83. The third-order valence-corrected chi connectivity index (χ3v) is 2.83. The molecule has 1 heterocycles. The summed E-state index contributed by atoms with van der Waals surface area (Å²) in [7, 11) is 0. The van der Waals surface area contributed by atoms with Crippen molar-refractivity contribution < 1.29 is 24.1 Å². The summed E-state index contributed by atoms with van der Waals surface area (Å²) in [6, 6.07) is 0. The number of hydrogen-bond donors (Lipinski definition) is 1. The second kappa shape index (κ2) is 8.63. The van der Waals surface area contributed by atoms with E-state index in [1.54, 1.807) is 12.2 Å². The second-order valence-corrected chi connectivity index (χ2v) is 5.14. The minimum Gasteiger partial charge on any atom is -0.480 e. The van der Waals surface area contributed by atoms with Crippen LogP contribution in [0.3, 0.4) is 0 Å². The molecule has 0 unspecified atom stereocenters. The molecule has 0 aromatic rings. The summed E-state index contributed by atoms with van der Waals surface area (Å²) in [6.45, 7) is 3.85. The van der Waals surface area contributed by atoms with E-state index in [4.69, 9.17) is 25.7 Å². The van der Waals surface area contributed by atoms with Gasteiger partial charge in [-0.15, -0.1) is 6.42 Å². The van der Waals surface area contributed by atoms with Gasteiger partial charge >= 0.3 is 5.97 Å². The quantitative estimate of drug-likeness (QED) is 0.422. The van der Waals surface area contributed by atoms with Gasteiger partial charge in [0, 0.05) is 6.61 Å². The van der Waals surface area contributed by atoms with E-state index in [0.717, 1.165) is 6.42 Å². The van der Waals surface area contributed by atoms with Gasteiger partial charge in [0.1, 0.15) is 12.7 Å². The molecule has 5 nitrogen and oxygen atoms in total. The Labute approximate surface area is 125 Å². The number of ether oxygens (including phenoxy) is 3. The Balaban J connectivity index is 2.41. The lowest BCUT2D eigenvalue weighted by molar-refractivity contribution is -0.144. The number of terminal acetylenes is 1. The van der Waals surface area contributed by atoms with Crippen LogP contribution >= 0.6 is 0 Å². The molecule has 116 valence electrons. The van der Waals surface area contributed by atoms with E-state index in [0.29, 0.717) is 13.0 Å². The fraction of sp³-hybridized carbons (Fsp3) is 0.562. The predicted octanol–water partition coefficient (Wildman–Crippen LogP) is 2.13. The van der Waals surface area contributed by atoms with Gasteiger partial charge in [0.15, 0.2) is 5.79 Å². The molecule has 1 fully saturated rings. The van der Waals surface area contributed by atoms with Crippen molar-refractivity contribution in [2.45, 2.75) is 44.7 Å². The largest absolute Gasteiger partial charge is 0.480 e. The third kappa shape index (κ3) is 7.09. The Bertz CT molecular complexity index is 430. The van der Waals surface area contributed by atoms with Crippen LogP contribution in [-0.2, 0) is 19.0 Å². The van der Waals surface area contributed by atoms with Crippen LogP contribution in [0.15, 0.2) is 24.3 Å². The van der Waals surface area contributed by atoms with Crippen molar-refractivity contribution in [3.8, 4) is 12.3 Å². The van der Waals surface area contributed by atoms with Gasteiger partial charge in [0.25, 0.3) is 0 Å². The Kier molecular flexibility index (Phi) is 7.17. The number of allylic oxidation sites excluding steroid dienone is 3. The normalized spacial score (nSPS) is 24.6. The van der Waals surface area contributed by atoms with Crippen LogP contribution in [0.1, 0.15) is 26.7 Å². The number of hydrogen-bond acceptors (Lipinski definition) is 4. The maximum Gasteiger partial charge on any atom is 0.329 e. The van der Waals surface area contributed by atoms with Crippen molar-refractivity contribution in [1.29, 1.82) is 0 Å². The fourth-order valence-electron chi connectivity index (χ4n) is 2.08. The van der Waals surface area contributed by atoms with Gasteiger partial charge < -0.3 is 19.3 Å². The molecule has 0 radical (unpaired) electrons. The summed E-state index contributed by atoms with van der Waals surface area (Å²) < 4.78 is 16.7. The lowest BCUT2D eigenvalue weighted by Gasteiger charge is -2.16. The number of carboxylic acid groups (broad SMARTS) is 1. The van der Waals surface area contributed by atoms with E-state index in [1.807, 2.05) is 26.0 Å². The second-order valence-electron chi connectivity index (χ2n) is 5.14. The van der Waals surface area contributed by atoms with Crippen LogP contribution in [-0.4, -0.2) is 42.3 Å². The first-order valence-corrected chi connectivity index (χ1v) is 6.89. The van der Waals surface area contributed by atoms with Crippen molar-refractivity contribution in [3.63, 3.8) is 0 Å². The first-order chi connectivity index (χ1) is 9.94. The van der Waals surface area contributed by atoms with E-state index in [2.05, 4.69) is 5.92 Å². The number of rotatable bonds is 8. The fourth-order valence-corrected chi connectivity index (χ4v) is 2.08. The lowest BCUT2D eigenvalue weighted by atomic mass is 10.1. The van der Waals surface area contributed by atoms with E-state index in [9.17, 15) is 4.79 Å². The smallest absolute Gasteiger partial charge is 0.329 e. The Morgan fingerprint density at radius 1 is 1.43 bits per heavy atom. The molecule has 0 aliphatic carbocycles. The summed E-state index contributed by atoms with van der Waals surface area (Å²) in [5, 5.41) is 8.48. The molecule has 1 aliphatic rings. The highest BCUT2D eigenvalue weighted by Gasteiger charge is 2.39. The molecule has 1 rings (SSSR count). The minimum atomic E-state index is -0.960. The molecular formula is C16H22O5. The number of aliphatic carboxylic acids is 1. The SMILES string of the molecule is C#C/C=C/C=C/[C@H]1OC(C)(C)O[C@H]1CCCOCC(=O)O. The standard InChI is InChI=1S/C16H22O5/c1-4-5-6-7-9-13-14(21-16(2,3)20-13)10-8-11-19-12-15(17)18/h1,5-7,9,13-14H,8,10-12H2,2-3H3,(H,17,18)/b6-5+,9-7+/t13-,14+/m1/s1. The summed E-state index contributed by atoms with van der Waals surface area (Å²) in [5.41, 5.74) is 0. The van der Waals surface area contributed by atoms with Crippen molar-refractivity contribution in [1.82, 2.24) is 0 Å². The Morgan fingerprint density at radius 3 is 2.86 bits per heavy atom. The van der Waals surface area contributed by atoms with Crippen LogP contribution in [0.4, 0.5) is 0 Å². The van der Waals surface area contributed by atoms with Crippen LogP contribution in [0.5, 0.6) is 0 Å². The van der Waals surface area contributed by atoms with Gasteiger partial charge in [0.2, 0.25) is 0 Å². The minimum absolute atomic E-state index is 0.0797. The highest BCUT2D eigenvalue weighted by atomic mass is 16.7. The number of carboxylic acids is 1. The van der Waals surface area contributed by atoms with Crippen molar-refractivity contribution in [2.24, 2.45) is 0 Å². The van der Waals surface area contributed by atoms with E-state index >= 15 is 0 Å². The van der Waals surface area contributed by atoms with Crippen LogP contribution < -0.4 is 0 Å². The molecule has 0 aromatic carbocycles. The van der Waals surface area contributed by atoms with Crippen molar-refractivity contribution >= 4 is 5.97 Å².